The van der Waals surface area contributed by atoms with E-state index in [1.807, 2.05) is 42.8 Å². The van der Waals surface area contributed by atoms with Crippen LogP contribution in [0.15, 0.2) is 35.8 Å². The summed E-state index contributed by atoms with van der Waals surface area (Å²) in [5.74, 6) is 0.469. The molecule has 5 nitrogen and oxygen atoms in total. The molecule has 0 spiro atoms. The van der Waals surface area contributed by atoms with Gasteiger partial charge in [0.05, 0.1) is 0 Å². The highest BCUT2D eigenvalue weighted by Gasteiger charge is 2.21. The molecule has 6 heteroatoms. The molecule has 2 amide bonds. The van der Waals surface area contributed by atoms with Crippen LogP contribution in [0, 0.1) is 12.8 Å². The molecule has 23 heavy (non-hydrogen) atoms. The number of nitrogens with zero attached hydrogens (tertiary/aromatic N) is 2. The SMILES string of the molecule is Cc1ccc(NC(=O)NCC2CCCN(c3nccs3)C2)cc1. The highest BCUT2D eigenvalue weighted by Crippen LogP contribution is 2.24. The minimum Gasteiger partial charge on any atom is -0.348 e. The summed E-state index contributed by atoms with van der Waals surface area (Å²) in [6, 6.07) is 7.67. The number of rotatable bonds is 4. The molecule has 0 radical (unpaired) electrons. The molecule has 1 atom stereocenters. The van der Waals surface area contributed by atoms with Gasteiger partial charge in [0.2, 0.25) is 0 Å². The van der Waals surface area contributed by atoms with E-state index in [0.29, 0.717) is 12.5 Å². The lowest BCUT2D eigenvalue weighted by molar-refractivity contribution is 0.249. The van der Waals surface area contributed by atoms with Crippen LogP contribution >= 0.6 is 11.3 Å². The van der Waals surface area contributed by atoms with Gasteiger partial charge in [-0.25, -0.2) is 9.78 Å². The summed E-state index contributed by atoms with van der Waals surface area (Å²) in [7, 11) is 0. The van der Waals surface area contributed by atoms with E-state index < -0.39 is 0 Å². The van der Waals surface area contributed by atoms with E-state index in [1.165, 1.54) is 5.56 Å². The molecule has 1 saturated heterocycles. The predicted molar refractivity (Wildman–Crippen MR) is 95.3 cm³/mol. The number of thiazole rings is 1. The van der Waals surface area contributed by atoms with Crippen molar-refractivity contribution in [2.75, 3.05) is 29.9 Å². The first-order valence-corrected chi connectivity index (χ1v) is 8.84. The summed E-state index contributed by atoms with van der Waals surface area (Å²) in [5, 5.41) is 8.95. The summed E-state index contributed by atoms with van der Waals surface area (Å²) in [6.07, 6.45) is 4.13. The van der Waals surface area contributed by atoms with Gasteiger partial charge in [-0.3, -0.25) is 0 Å². The predicted octanol–water partition coefficient (Wildman–Crippen LogP) is 3.49. The molecule has 1 unspecified atom stereocenters. The normalized spacial score (nSPS) is 17.8. The Bertz CT molecular complexity index is 627. The Morgan fingerprint density at radius 1 is 1.39 bits per heavy atom. The van der Waals surface area contributed by atoms with E-state index in [2.05, 4.69) is 20.5 Å². The number of nitrogens with one attached hydrogen (secondary N) is 2. The number of benzene rings is 1. The third-order valence-corrected chi connectivity index (χ3v) is 4.90. The highest BCUT2D eigenvalue weighted by molar-refractivity contribution is 7.13. The van der Waals surface area contributed by atoms with Crippen molar-refractivity contribution in [1.82, 2.24) is 10.3 Å². The van der Waals surface area contributed by atoms with Crippen molar-refractivity contribution in [1.29, 1.82) is 0 Å². The molecular weight excluding hydrogens is 308 g/mol. The third kappa shape index (κ3) is 4.45. The van der Waals surface area contributed by atoms with Crippen LogP contribution in [-0.2, 0) is 0 Å². The number of amides is 2. The van der Waals surface area contributed by atoms with E-state index in [4.69, 9.17) is 0 Å². The second-order valence-corrected chi connectivity index (χ2v) is 6.84. The van der Waals surface area contributed by atoms with Gasteiger partial charge < -0.3 is 15.5 Å². The van der Waals surface area contributed by atoms with Crippen LogP contribution in [0.2, 0.25) is 0 Å². The number of carbonyl (C=O) groups excluding carboxylic acids is 1. The average Bonchev–Trinajstić information content (AvgIpc) is 3.10. The monoisotopic (exact) mass is 330 g/mol. The number of piperidine rings is 1. The molecule has 1 aromatic carbocycles. The van der Waals surface area contributed by atoms with Gasteiger partial charge >= 0.3 is 6.03 Å². The Morgan fingerprint density at radius 3 is 2.96 bits per heavy atom. The second kappa shape index (κ2) is 7.46. The van der Waals surface area contributed by atoms with E-state index in [9.17, 15) is 4.79 Å². The van der Waals surface area contributed by atoms with E-state index >= 15 is 0 Å². The smallest absolute Gasteiger partial charge is 0.319 e. The van der Waals surface area contributed by atoms with Crippen LogP contribution in [0.3, 0.4) is 0 Å². The van der Waals surface area contributed by atoms with E-state index in [-0.39, 0.29) is 6.03 Å². The molecule has 122 valence electrons. The molecule has 1 fully saturated rings. The summed E-state index contributed by atoms with van der Waals surface area (Å²) in [5.41, 5.74) is 2.00. The maximum absolute atomic E-state index is 12.0. The molecule has 2 aromatic rings. The van der Waals surface area contributed by atoms with Gasteiger partial charge in [-0.15, -0.1) is 11.3 Å². The van der Waals surface area contributed by atoms with Crippen molar-refractivity contribution in [3.8, 4) is 0 Å². The molecule has 3 rings (SSSR count). The molecule has 1 aliphatic heterocycles. The Kier molecular flexibility index (Phi) is 5.12. The third-order valence-electron chi connectivity index (χ3n) is 4.07. The van der Waals surface area contributed by atoms with Crippen LogP contribution in [0.25, 0.3) is 0 Å². The molecule has 2 heterocycles. The zero-order valence-electron chi connectivity index (χ0n) is 13.3. The zero-order chi connectivity index (χ0) is 16.1. The zero-order valence-corrected chi connectivity index (χ0v) is 14.1. The van der Waals surface area contributed by atoms with Crippen molar-refractivity contribution in [3.63, 3.8) is 0 Å². The molecule has 0 bridgehead atoms. The van der Waals surface area contributed by atoms with E-state index in [1.54, 1.807) is 11.3 Å². The van der Waals surface area contributed by atoms with Crippen LogP contribution in [0.4, 0.5) is 15.6 Å². The summed E-state index contributed by atoms with van der Waals surface area (Å²) in [6.45, 7) is 4.73. The van der Waals surface area contributed by atoms with Gasteiger partial charge in [0.1, 0.15) is 0 Å². The number of anilines is 2. The van der Waals surface area contributed by atoms with Crippen LogP contribution in [-0.4, -0.2) is 30.6 Å². The Morgan fingerprint density at radius 2 is 2.22 bits per heavy atom. The lowest BCUT2D eigenvalue weighted by Gasteiger charge is -2.32. The average molecular weight is 330 g/mol. The minimum absolute atomic E-state index is 0.139. The van der Waals surface area contributed by atoms with Crippen molar-refractivity contribution in [2.45, 2.75) is 19.8 Å². The Balaban J connectivity index is 1.46. The molecule has 1 aliphatic rings. The summed E-state index contributed by atoms with van der Waals surface area (Å²) >= 11 is 1.67. The number of carbonyl (C=O) groups is 1. The molecule has 0 aliphatic carbocycles. The Hall–Kier alpha value is -2.08. The van der Waals surface area contributed by atoms with Crippen LogP contribution < -0.4 is 15.5 Å². The number of hydrogen-bond acceptors (Lipinski definition) is 4. The largest absolute Gasteiger partial charge is 0.348 e. The summed E-state index contributed by atoms with van der Waals surface area (Å²) < 4.78 is 0. The number of hydrogen-bond donors (Lipinski definition) is 2. The first-order valence-electron chi connectivity index (χ1n) is 7.96. The van der Waals surface area contributed by atoms with Gasteiger partial charge in [0.15, 0.2) is 5.13 Å². The maximum Gasteiger partial charge on any atom is 0.319 e. The van der Waals surface area contributed by atoms with Crippen LogP contribution in [0.1, 0.15) is 18.4 Å². The summed E-state index contributed by atoms with van der Waals surface area (Å²) in [4.78, 5) is 18.7. The fraction of sp³-hybridized carbons (Fsp3) is 0.412. The van der Waals surface area contributed by atoms with Gasteiger partial charge in [0, 0.05) is 36.9 Å². The fourth-order valence-electron chi connectivity index (χ4n) is 2.83. The first-order chi connectivity index (χ1) is 11.2. The number of aromatic nitrogens is 1. The molecule has 2 N–H and O–H groups in total. The molecular formula is C17H22N4OS. The van der Waals surface area contributed by atoms with Crippen LogP contribution in [0.5, 0.6) is 0 Å². The number of aryl methyl sites for hydroxylation is 1. The van der Waals surface area contributed by atoms with E-state index in [0.717, 1.165) is 36.8 Å². The first kappa shape index (κ1) is 15.8. The highest BCUT2D eigenvalue weighted by atomic mass is 32.1. The van der Waals surface area contributed by atoms with Crippen molar-refractivity contribution in [3.05, 3.63) is 41.4 Å². The quantitative estimate of drug-likeness (QED) is 0.902. The maximum atomic E-state index is 12.0. The molecule has 1 aromatic heterocycles. The van der Waals surface area contributed by atoms with Gasteiger partial charge in [-0.2, -0.15) is 0 Å². The van der Waals surface area contributed by atoms with Gasteiger partial charge in [-0.05, 0) is 37.8 Å². The van der Waals surface area contributed by atoms with Gasteiger partial charge in [-0.1, -0.05) is 17.7 Å². The standard InChI is InChI=1S/C17H22N4OS/c1-13-4-6-15(7-5-13)20-16(22)19-11-14-3-2-9-21(12-14)17-18-8-10-23-17/h4-8,10,14H,2-3,9,11-12H2,1H3,(H2,19,20,22). The topological polar surface area (TPSA) is 57.3 Å². The van der Waals surface area contributed by atoms with Gasteiger partial charge in [0.25, 0.3) is 0 Å². The second-order valence-electron chi connectivity index (χ2n) is 5.97. The van der Waals surface area contributed by atoms with Crippen molar-refractivity contribution in [2.24, 2.45) is 5.92 Å². The number of urea groups is 1. The minimum atomic E-state index is -0.139. The van der Waals surface area contributed by atoms with Crippen molar-refractivity contribution < 1.29 is 4.79 Å². The fourth-order valence-corrected chi connectivity index (χ4v) is 3.51. The Labute approximate surface area is 140 Å². The van der Waals surface area contributed by atoms with Crippen molar-refractivity contribution >= 4 is 28.2 Å². The molecule has 0 saturated carbocycles. The lowest BCUT2D eigenvalue weighted by atomic mass is 9.98. The lowest BCUT2D eigenvalue weighted by Crippen LogP contribution is -2.42.